The van der Waals surface area contributed by atoms with Crippen LogP contribution in [0.15, 0.2) is 0 Å². The zero-order valence-corrected chi connectivity index (χ0v) is 7.89. The molecule has 5 N–H and O–H groups in total. The minimum Gasteiger partial charge on any atom is -0.387 e. The van der Waals surface area contributed by atoms with Gasteiger partial charge in [-0.1, -0.05) is 0 Å². The Labute approximate surface area is 84.5 Å². The second-order valence-electron chi connectivity index (χ2n) is 3.87. The predicted molar refractivity (Wildman–Crippen MR) is 45.4 cm³/mol. The van der Waals surface area contributed by atoms with E-state index in [9.17, 15) is 35.6 Å². The summed E-state index contributed by atoms with van der Waals surface area (Å²) < 4.78 is 0. The molecule has 0 bridgehead atoms. The van der Waals surface area contributed by atoms with Crippen molar-refractivity contribution in [3.05, 3.63) is 10.1 Å². The van der Waals surface area contributed by atoms with Crippen LogP contribution in [0.5, 0.6) is 0 Å². The zero-order valence-electron chi connectivity index (χ0n) is 7.89. The van der Waals surface area contributed by atoms with Gasteiger partial charge in [0.15, 0.2) is 11.7 Å². The molecule has 0 aromatic carbocycles. The third kappa shape index (κ3) is 1.70. The van der Waals surface area contributed by atoms with Crippen molar-refractivity contribution in [1.82, 2.24) is 0 Å². The monoisotopic (exact) mass is 223 g/mol. The Hall–Kier alpha value is -0.800. The number of hydrogen-bond donors (Lipinski definition) is 5. The topological polar surface area (TPSA) is 144 Å². The summed E-state index contributed by atoms with van der Waals surface area (Å²) in [7, 11) is 0. The first-order valence-electron chi connectivity index (χ1n) is 4.29. The Balaban J connectivity index is 3.10. The maximum atomic E-state index is 10.6. The van der Waals surface area contributed by atoms with E-state index in [0.717, 1.165) is 6.92 Å². The summed E-state index contributed by atoms with van der Waals surface area (Å²) >= 11 is 0. The molecule has 0 saturated heterocycles. The van der Waals surface area contributed by atoms with Gasteiger partial charge >= 0.3 is 0 Å². The molecule has 0 spiro atoms. The SMILES string of the molecule is C[C@]1(O)[C@@H](O)[C@H](O)[C@@H](O)[C@H](O)[C@H]1[N+](=O)[O-]. The van der Waals surface area contributed by atoms with Gasteiger partial charge in [-0.3, -0.25) is 10.1 Å². The summed E-state index contributed by atoms with van der Waals surface area (Å²) in [6.07, 6.45) is -7.53. The van der Waals surface area contributed by atoms with Crippen LogP contribution in [-0.4, -0.2) is 66.5 Å². The number of nitrogens with zero attached hydrogens (tertiary/aromatic N) is 1. The molecule has 0 heterocycles. The minimum absolute atomic E-state index is 0.920. The van der Waals surface area contributed by atoms with Gasteiger partial charge in [-0.25, -0.2) is 0 Å². The largest absolute Gasteiger partial charge is 0.387 e. The Kier molecular flexibility index (Phi) is 2.99. The van der Waals surface area contributed by atoms with E-state index in [4.69, 9.17) is 0 Å². The van der Waals surface area contributed by atoms with Crippen LogP contribution in [0.4, 0.5) is 0 Å². The first-order chi connectivity index (χ1) is 6.71. The average Bonchev–Trinajstić information content (AvgIpc) is 2.11. The van der Waals surface area contributed by atoms with Gasteiger partial charge in [0.1, 0.15) is 18.3 Å². The fourth-order valence-electron chi connectivity index (χ4n) is 1.78. The molecule has 0 aromatic rings. The molecule has 8 heteroatoms. The molecular weight excluding hydrogens is 210 g/mol. The molecule has 1 aliphatic carbocycles. The molecule has 1 aliphatic rings. The van der Waals surface area contributed by atoms with Crippen molar-refractivity contribution in [2.45, 2.75) is 43.0 Å². The van der Waals surface area contributed by atoms with Crippen LogP contribution in [0, 0.1) is 10.1 Å². The van der Waals surface area contributed by atoms with Crippen LogP contribution in [0.3, 0.4) is 0 Å². The number of nitro groups is 1. The van der Waals surface area contributed by atoms with Crippen LogP contribution in [0.25, 0.3) is 0 Å². The maximum Gasteiger partial charge on any atom is 0.271 e. The van der Waals surface area contributed by atoms with Crippen molar-refractivity contribution >= 4 is 0 Å². The Morgan fingerprint density at radius 1 is 1.13 bits per heavy atom. The van der Waals surface area contributed by atoms with Crippen molar-refractivity contribution in [3.63, 3.8) is 0 Å². The Morgan fingerprint density at radius 2 is 1.60 bits per heavy atom. The van der Waals surface area contributed by atoms with E-state index in [2.05, 4.69) is 0 Å². The summed E-state index contributed by atoms with van der Waals surface area (Å²) in [4.78, 5) is 9.56. The third-order valence-electron chi connectivity index (χ3n) is 2.77. The van der Waals surface area contributed by atoms with E-state index in [0.29, 0.717) is 0 Å². The normalized spacial score (nSPS) is 51.5. The van der Waals surface area contributed by atoms with Gasteiger partial charge in [0, 0.05) is 4.92 Å². The zero-order chi connectivity index (χ0) is 12.0. The molecule has 6 atom stereocenters. The summed E-state index contributed by atoms with van der Waals surface area (Å²) in [6, 6.07) is -1.95. The number of hydrogen-bond acceptors (Lipinski definition) is 7. The van der Waals surface area contributed by atoms with Crippen LogP contribution in [0.1, 0.15) is 6.92 Å². The van der Waals surface area contributed by atoms with E-state index >= 15 is 0 Å². The van der Waals surface area contributed by atoms with Crippen LogP contribution >= 0.6 is 0 Å². The summed E-state index contributed by atoms with van der Waals surface area (Å²) in [5, 5.41) is 57.2. The summed E-state index contributed by atoms with van der Waals surface area (Å²) in [6.45, 7) is 0.920. The molecule has 0 unspecified atom stereocenters. The van der Waals surface area contributed by atoms with Crippen molar-refractivity contribution in [3.8, 4) is 0 Å². The first kappa shape index (κ1) is 12.3. The number of rotatable bonds is 1. The molecule has 15 heavy (non-hydrogen) atoms. The van der Waals surface area contributed by atoms with Gasteiger partial charge in [-0.05, 0) is 6.92 Å². The average molecular weight is 223 g/mol. The smallest absolute Gasteiger partial charge is 0.271 e. The van der Waals surface area contributed by atoms with Crippen LogP contribution in [-0.2, 0) is 0 Å². The molecule has 1 saturated carbocycles. The number of aliphatic hydroxyl groups is 5. The first-order valence-corrected chi connectivity index (χ1v) is 4.29. The molecule has 88 valence electrons. The predicted octanol–water partition coefficient (Wildman–Crippen LogP) is -3.16. The lowest BCUT2D eigenvalue weighted by Crippen LogP contribution is -2.71. The van der Waals surface area contributed by atoms with E-state index in [1.54, 1.807) is 0 Å². The molecule has 1 rings (SSSR count). The van der Waals surface area contributed by atoms with Crippen molar-refractivity contribution < 1.29 is 30.5 Å². The highest BCUT2D eigenvalue weighted by molar-refractivity contribution is 5.06. The second kappa shape index (κ2) is 3.65. The molecule has 0 radical (unpaired) electrons. The fraction of sp³-hybridized carbons (Fsp3) is 1.00. The van der Waals surface area contributed by atoms with Crippen LogP contribution < -0.4 is 0 Å². The van der Waals surface area contributed by atoms with Gasteiger partial charge in [0.25, 0.3) is 6.04 Å². The quantitative estimate of drug-likeness (QED) is 0.233. The molecule has 1 fully saturated rings. The number of aliphatic hydroxyl groups excluding tert-OH is 4. The lowest BCUT2D eigenvalue weighted by Gasteiger charge is -2.43. The van der Waals surface area contributed by atoms with Crippen molar-refractivity contribution in [2.75, 3.05) is 0 Å². The van der Waals surface area contributed by atoms with Gasteiger partial charge in [0.05, 0.1) is 0 Å². The minimum atomic E-state index is -2.30. The molecule has 0 aromatic heterocycles. The van der Waals surface area contributed by atoms with Crippen molar-refractivity contribution in [1.29, 1.82) is 0 Å². The highest BCUT2D eigenvalue weighted by atomic mass is 16.6. The lowest BCUT2D eigenvalue weighted by molar-refractivity contribution is -0.570. The van der Waals surface area contributed by atoms with E-state index in [-0.39, 0.29) is 0 Å². The van der Waals surface area contributed by atoms with Gasteiger partial charge in [0.2, 0.25) is 0 Å². The third-order valence-corrected chi connectivity index (χ3v) is 2.77. The van der Waals surface area contributed by atoms with Gasteiger partial charge in [-0.2, -0.15) is 0 Å². The standard InChI is InChI=1S/C7H13NO7/c1-7(13)5(8(14)15)3(10)2(9)4(11)6(7)12/h2-6,9-13H,1H3/t2-,3-,4+,5+,6-,7+/m0/s1. The fourth-order valence-corrected chi connectivity index (χ4v) is 1.78. The maximum absolute atomic E-state index is 10.6. The van der Waals surface area contributed by atoms with E-state index in [1.165, 1.54) is 0 Å². The summed E-state index contributed by atoms with van der Waals surface area (Å²) in [5.41, 5.74) is -2.30. The lowest BCUT2D eigenvalue weighted by atomic mass is 9.74. The summed E-state index contributed by atoms with van der Waals surface area (Å²) in [5.74, 6) is 0. The van der Waals surface area contributed by atoms with Crippen LogP contribution in [0.2, 0.25) is 0 Å². The Bertz CT molecular complexity index is 268. The molecule has 8 nitrogen and oxygen atoms in total. The van der Waals surface area contributed by atoms with E-state index < -0.39 is 41.0 Å². The van der Waals surface area contributed by atoms with Crippen molar-refractivity contribution in [2.24, 2.45) is 0 Å². The molecule has 0 aliphatic heterocycles. The highest BCUT2D eigenvalue weighted by Crippen LogP contribution is 2.31. The molecular formula is C7H13NO7. The van der Waals surface area contributed by atoms with E-state index in [1.807, 2.05) is 0 Å². The molecule has 0 amide bonds. The second-order valence-corrected chi connectivity index (χ2v) is 3.87. The Morgan fingerprint density at radius 3 is 2.00 bits per heavy atom. The van der Waals surface area contributed by atoms with Gasteiger partial charge < -0.3 is 25.5 Å². The van der Waals surface area contributed by atoms with Gasteiger partial charge in [-0.15, -0.1) is 0 Å². The highest BCUT2D eigenvalue weighted by Gasteiger charge is 2.61.